The largest absolute Gasteiger partial charge is 0.486 e. The van der Waals surface area contributed by atoms with Gasteiger partial charge in [0.25, 0.3) is 0 Å². The van der Waals surface area contributed by atoms with Crippen LogP contribution >= 0.6 is 11.6 Å². The minimum Gasteiger partial charge on any atom is -0.486 e. The molecule has 5 rings (SSSR count). The van der Waals surface area contributed by atoms with E-state index >= 15 is 0 Å². The van der Waals surface area contributed by atoms with Gasteiger partial charge in [0.2, 0.25) is 5.91 Å². The molecular weight excluding hydrogens is 412 g/mol. The summed E-state index contributed by atoms with van der Waals surface area (Å²) in [5.74, 6) is 1.17. The summed E-state index contributed by atoms with van der Waals surface area (Å²) in [6, 6.07) is 21.1. The zero-order valence-electron chi connectivity index (χ0n) is 16.7. The quantitative estimate of drug-likeness (QED) is 0.422. The van der Waals surface area contributed by atoms with E-state index in [2.05, 4.69) is 10.3 Å². The van der Waals surface area contributed by atoms with Gasteiger partial charge in [0.15, 0.2) is 11.5 Å². The SMILES string of the molecule is O=C(C[C@@H](c1ccc2c(c1)OCCO2)c1c[nH]c2ccc(Cl)cc12)Nc1ccccc1. The number of benzene rings is 3. The summed E-state index contributed by atoms with van der Waals surface area (Å²) >= 11 is 6.28. The summed E-state index contributed by atoms with van der Waals surface area (Å²) in [6.45, 7) is 1.05. The van der Waals surface area contributed by atoms with Crippen molar-refractivity contribution >= 4 is 34.1 Å². The molecule has 1 aliphatic rings. The number of H-pyrrole nitrogens is 1. The lowest BCUT2D eigenvalue weighted by Crippen LogP contribution is -2.18. The average molecular weight is 433 g/mol. The first-order chi connectivity index (χ1) is 15.2. The number of anilines is 1. The van der Waals surface area contributed by atoms with Crippen molar-refractivity contribution in [2.45, 2.75) is 12.3 Å². The zero-order chi connectivity index (χ0) is 21.2. The number of ether oxygens (including phenoxy) is 2. The number of hydrogen-bond acceptors (Lipinski definition) is 3. The van der Waals surface area contributed by atoms with Gasteiger partial charge in [-0.15, -0.1) is 0 Å². The zero-order valence-corrected chi connectivity index (χ0v) is 17.5. The van der Waals surface area contributed by atoms with E-state index < -0.39 is 0 Å². The molecule has 3 aromatic carbocycles. The highest BCUT2D eigenvalue weighted by molar-refractivity contribution is 6.31. The van der Waals surface area contributed by atoms with Crippen molar-refractivity contribution in [3.8, 4) is 11.5 Å². The molecule has 31 heavy (non-hydrogen) atoms. The second-order valence-electron chi connectivity index (χ2n) is 7.51. The van der Waals surface area contributed by atoms with Gasteiger partial charge in [-0.25, -0.2) is 0 Å². The summed E-state index contributed by atoms with van der Waals surface area (Å²) < 4.78 is 11.5. The van der Waals surface area contributed by atoms with Crippen molar-refractivity contribution in [2.24, 2.45) is 0 Å². The van der Waals surface area contributed by atoms with Gasteiger partial charge in [-0.05, 0) is 53.6 Å². The number of aromatic nitrogens is 1. The number of halogens is 1. The first-order valence-electron chi connectivity index (χ1n) is 10.2. The van der Waals surface area contributed by atoms with Crippen LogP contribution < -0.4 is 14.8 Å². The summed E-state index contributed by atoms with van der Waals surface area (Å²) in [4.78, 5) is 16.3. The van der Waals surface area contributed by atoms with Crippen molar-refractivity contribution in [3.05, 3.63) is 89.1 Å². The maximum Gasteiger partial charge on any atom is 0.225 e. The molecule has 2 heterocycles. The van der Waals surface area contributed by atoms with Gasteiger partial charge < -0.3 is 19.8 Å². The molecule has 0 radical (unpaired) electrons. The Labute approximate surface area is 184 Å². The van der Waals surface area contributed by atoms with Crippen LogP contribution in [0.1, 0.15) is 23.5 Å². The lowest BCUT2D eigenvalue weighted by Gasteiger charge is -2.22. The van der Waals surface area contributed by atoms with Gasteiger partial charge in [-0.2, -0.15) is 0 Å². The third-order valence-corrected chi connectivity index (χ3v) is 5.70. The van der Waals surface area contributed by atoms with E-state index in [1.165, 1.54) is 0 Å². The van der Waals surface area contributed by atoms with Crippen LogP contribution in [-0.4, -0.2) is 24.1 Å². The first kappa shape index (κ1) is 19.5. The van der Waals surface area contributed by atoms with E-state index in [0.717, 1.165) is 33.5 Å². The highest BCUT2D eigenvalue weighted by Crippen LogP contribution is 2.39. The van der Waals surface area contributed by atoms with Crippen LogP contribution in [0.15, 0.2) is 72.9 Å². The Kier molecular flexibility index (Phi) is 5.26. The van der Waals surface area contributed by atoms with Crippen molar-refractivity contribution in [1.29, 1.82) is 0 Å². The van der Waals surface area contributed by atoms with Crippen molar-refractivity contribution in [3.63, 3.8) is 0 Å². The van der Waals surface area contributed by atoms with E-state index in [0.29, 0.717) is 24.0 Å². The number of rotatable bonds is 5. The van der Waals surface area contributed by atoms with Gasteiger partial charge in [0.05, 0.1) is 0 Å². The van der Waals surface area contributed by atoms with E-state index in [4.69, 9.17) is 21.1 Å². The molecule has 0 bridgehead atoms. The van der Waals surface area contributed by atoms with Gasteiger partial charge in [-0.1, -0.05) is 35.9 Å². The first-order valence-corrected chi connectivity index (χ1v) is 10.6. The van der Waals surface area contributed by atoms with E-state index in [9.17, 15) is 4.79 Å². The van der Waals surface area contributed by atoms with Gasteiger partial charge >= 0.3 is 0 Å². The molecule has 156 valence electrons. The Morgan fingerprint density at radius 2 is 1.81 bits per heavy atom. The molecule has 5 nitrogen and oxygen atoms in total. The van der Waals surface area contributed by atoms with Crippen molar-refractivity contribution < 1.29 is 14.3 Å². The van der Waals surface area contributed by atoms with Crippen LogP contribution in [0.2, 0.25) is 5.02 Å². The van der Waals surface area contributed by atoms with Crippen LogP contribution in [0.3, 0.4) is 0 Å². The Hall–Kier alpha value is -3.44. The second-order valence-corrected chi connectivity index (χ2v) is 7.94. The smallest absolute Gasteiger partial charge is 0.225 e. The molecule has 2 N–H and O–H groups in total. The predicted molar refractivity (Wildman–Crippen MR) is 122 cm³/mol. The fourth-order valence-corrected chi connectivity index (χ4v) is 4.18. The number of carbonyl (C=O) groups is 1. The second kappa shape index (κ2) is 8.36. The predicted octanol–water partition coefficient (Wildman–Crippen LogP) is 5.75. The highest BCUT2D eigenvalue weighted by Gasteiger charge is 2.24. The fraction of sp³-hybridized carbons (Fsp3) is 0.160. The molecule has 0 aliphatic carbocycles. The van der Waals surface area contributed by atoms with Crippen LogP contribution in [-0.2, 0) is 4.79 Å². The molecule has 1 amide bonds. The number of aromatic amines is 1. The molecule has 6 heteroatoms. The number of para-hydroxylation sites is 1. The topological polar surface area (TPSA) is 63.4 Å². The molecule has 0 fully saturated rings. The maximum absolute atomic E-state index is 13.0. The number of hydrogen-bond donors (Lipinski definition) is 2. The van der Waals surface area contributed by atoms with E-state index in [1.807, 2.05) is 72.9 Å². The van der Waals surface area contributed by atoms with E-state index in [1.54, 1.807) is 0 Å². The Bertz CT molecular complexity index is 1240. The Balaban J connectivity index is 1.53. The molecule has 0 saturated carbocycles. The molecule has 1 aliphatic heterocycles. The average Bonchev–Trinajstić information content (AvgIpc) is 3.20. The summed E-state index contributed by atoms with van der Waals surface area (Å²) in [7, 11) is 0. The molecular formula is C25H21ClN2O3. The lowest BCUT2D eigenvalue weighted by atomic mass is 9.87. The van der Waals surface area contributed by atoms with Crippen LogP contribution in [0.25, 0.3) is 10.9 Å². The molecule has 0 spiro atoms. The van der Waals surface area contributed by atoms with Gasteiger partial charge in [0, 0.05) is 40.1 Å². The van der Waals surface area contributed by atoms with Crippen LogP contribution in [0.4, 0.5) is 5.69 Å². The normalized spacial score (nSPS) is 13.7. The third-order valence-electron chi connectivity index (χ3n) is 5.47. The van der Waals surface area contributed by atoms with Gasteiger partial charge in [0.1, 0.15) is 13.2 Å². The van der Waals surface area contributed by atoms with Crippen molar-refractivity contribution in [2.75, 3.05) is 18.5 Å². The highest BCUT2D eigenvalue weighted by atomic mass is 35.5. The molecule has 1 atom stereocenters. The molecule has 4 aromatic rings. The summed E-state index contributed by atoms with van der Waals surface area (Å²) in [5.41, 5.74) is 3.74. The number of amides is 1. The van der Waals surface area contributed by atoms with Crippen LogP contribution in [0, 0.1) is 0 Å². The minimum absolute atomic E-state index is 0.0672. The number of nitrogens with one attached hydrogen (secondary N) is 2. The molecule has 0 unspecified atom stereocenters. The summed E-state index contributed by atoms with van der Waals surface area (Å²) in [5, 5.41) is 4.65. The Morgan fingerprint density at radius 3 is 2.65 bits per heavy atom. The van der Waals surface area contributed by atoms with Crippen LogP contribution in [0.5, 0.6) is 11.5 Å². The minimum atomic E-state index is -0.188. The lowest BCUT2D eigenvalue weighted by molar-refractivity contribution is -0.116. The molecule has 0 saturated heterocycles. The standard InChI is InChI=1S/C25H21ClN2O3/c26-17-7-8-22-20(13-17)21(15-27-22)19(14-25(29)28-18-4-2-1-3-5-18)16-6-9-23-24(12-16)31-11-10-30-23/h1-9,12-13,15,19,27H,10-11,14H2,(H,28,29)/t19-/m0/s1. The Morgan fingerprint density at radius 1 is 1.00 bits per heavy atom. The maximum atomic E-state index is 13.0. The fourth-order valence-electron chi connectivity index (χ4n) is 4.01. The summed E-state index contributed by atoms with van der Waals surface area (Å²) in [6.07, 6.45) is 2.23. The van der Waals surface area contributed by atoms with E-state index in [-0.39, 0.29) is 18.2 Å². The van der Waals surface area contributed by atoms with Crippen molar-refractivity contribution in [1.82, 2.24) is 4.98 Å². The third kappa shape index (κ3) is 4.09. The number of carbonyl (C=O) groups excluding carboxylic acids is 1. The molecule has 1 aromatic heterocycles. The van der Waals surface area contributed by atoms with Gasteiger partial charge in [-0.3, -0.25) is 4.79 Å². The monoisotopic (exact) mass is 432 g/mol. The number of fused-ring (bicyclic) bond motifs is 2.